The van der Waals surface area contributed by atoms with Crippen LogP contribution in [0.1, 0.15) is 107 Å². The molecule has 0 radical (unpaired) electrons. The molecule has 0 aromatic heterocycles. The van der Waals surface area contributed by atoms with Gasteiger partial charge in [0.05, 0.1) is 15.6 Å². The standard InChI is InChI=1S/C33H42Cl2F3NO4/c1-19-14-26(34)30(27(35)15-19)28(40)11-10-24(17-32(4)12-5-13-32)31(43)25(20(2)33(36,37)38)18-39-21(3)23-8-6-22(7-9-23)16-29(41)42/h14-15,18,21-24H,5-13,16-17H2,1-4H3,(H,41,42)/b25-20-,39-18-/t21-,22?,23?,24?/m0/s1. The summed E-state index contributed by atoms with van der Waals surface area (Å²) in [6.07, 6.45) is 2.48. The summed E-state index contributed by atoms with van der Waals surface area (Å²) in [6, 6.07) is 2.93. The highest BCUT2D eigenvalue weighted by molar-refractivity contribution is 6.40. The summed E-state index contributed by atoms with van der Waals surface area (Å²) >= 11 is 12.6. The van der Waals surface area contributed by atoms with Gasteiger partial charge in [0.2, 0.25) is 0 Å². The molecule has 1 aromatic carbocycles. The molecule has 2 aliphatic carbocycles. The van der Waals surface area contributed by atoms with E-state index >= 15 is 0 Å². The third-order valence-corrected chi connectivity index (χ3v) is 10.0. The Morgan fingerprint density at radius 2 is 1.70 bits per heavy atom. The summed E-state index contributed by atoms with van der Waals surface area (Å²) in [5, 5.41) is 9.48. The van der Waals surface area contributed by atoms with Crippen molar-refractivity contribution in [3.8, 4) is 0 Å². The summed E-state index contributed by atoms with van der Waals surface area (Å²) in [4.78, 5) is 42.6. The lowest BCUT2D eigenvalue weighted by Crippen LogP contribution is -2.33. The minimum Gasteiger partial charge on any atom is -0.481 e. The molecule has 2 atom stereocenters. The van der Waals surface area contributed by atoms with Crippen LogP contribution in [0.15, 0.2) is 28.3 Å². The van der Waals surface area contributed by atoms with E-state index in [4.69, 9.17) is 28.3 Å². The number of carboxylic acids is 1. The van der Waals surface area contributed by atoms with E-state index in [-0.39, 0.29) is 63.9 Å². The Hall–Kier alpha value is -2.19. The number of aliphatic imine (C=N–C) groups is 1. The van der Waals surface area contributed by atoms with Crippen molar-refractivity contribution in [2.75, 3.05) is 0 Å². The zero-order valence-electron chi connectivity index (χ0n) is 25.3. The molecule has 3 rings (SSSR count). The third-order valence-electron chi connectivity index (χ3n) is 9.43. The number of hydrogen-bond acceptors (Lipinski definition) is 4. The van der Waals surface area contributed by atoms with E-state index in [0.29, 0.717) is 6.42 Å². The highest BCUT2D eigenvalue weighted by Crippen LogP contribution is 2.47. The Bertz CT molecular complexity index is 1240. The van der Waals surface area contributed by atoms with E-state index in [2.05, 4.69) is 4.99 Å². The topological polar surface area (TPSA) is 83.8 Å². The Balaban J connectivity index is 1.84. The van der Waals surface area contributed by atoms with Crippen molar-refractivity contribution in [3.63, 3.8) is 0 Å². The molecule has 1 unspecified atom stereocenters. The van der Waals surface area contributed by atoms with Gasteiger partial charge in [0, 0.05) is 42.2 Å². The van der Waals surface area contributed by atoms with Crippen LogP contribution < -0.4 is 0 Å². The molecule has 5 nitrogen and oxygen atoms in total. The molecule has 43 heavy (non-hydrogen) atoms. The Kier molecular flexibility index (Phi) is 12.1. The first-order valence-corrected chi connectivity index (χ1v) is 15.8. The van der Waals surface area contributed by atoms with Gasteiger partial charge >= 0.3 is 12.1 Å². The first-order valence-electron chi connectivity index (χ1n) is 15.1. The predicted octanol–water partition coefficient (Wildman–Crippen LogP) is 9.65. The van der Waals surface area contributed by atoms with Gasteiger partial charge in [-0.1, -0.05) is 36.5 Å². The lowest BCUT2D eigenvalue weighted by Gasteiger charge is -2.41. The van der Waals surface area contributed by atoms with Crippen LogP contribution in [0, 0.1) is 30.1 Å². The van der Waals surface area contributed by atoms with E-state index in [1.807, 2.05) is 13.8 Å². The summed E-state index contributed by atoms with van der Waals surface area (Å²) in [5.41, 5.74) is -0.704. The lowest BCUT2D eigenvalue weighted by molar-refractivity contribution is -0.138. The van der Waals surface area contributed by atoms with Crippen molar-refractivity contribution < 1.29 is 32.7 Å². The fourth-order valence-corrected chi connectivity index (χ4v) is 7.26. The number of benzene rings is 1. The van der Waals surface area contributed by atoms with Crippen LogP contribution in [0.5, 0.6) is 0 Å². The van der Waals surface area contributed by atoms with Gasteiger partial charge in [-0.3, -0.25) is 19.4 Å². The van der Waals surface area contributed by atoms with Crippen molar-refractivity contribution in [2.24, 2.45) is 28.2 Å². The van der Waals surface area contributed by atoms with Crippen LogP contribution in [-0.4, -0.2) is 41.1 Å². The number of hydrogen-bond donors (Lipinski definition) is 1. The molecule has 0 bridgehead atoms. The molecule has 0 aliphatic heterocycles. The van der Waals surface area contributed by atoms with Gasteiger partial charge in [-0.05, 0) is 107 Å². The van der Waals surface area contributed by atoms with Crippen LogP contribution in [0.25, 0.3) is 0 Å². The number of nitrogens with zero attached hydrogens (tertiary/aromatic N) is 1. The number of Topliss-reactive ketones (excluding diaryl/α,β-unsaturated/α-hetero) is 2. The van der Waals surface area contributed by atoms with Crippen molar-refractivity contribution in [1.29, 1.82) is 0 Å². The van der Waals surface area contributed by atoms with Gasteiger partial charge in [-0.15, -0.1) is 0 Å². The van der Waals surface area contributed by atoms with Crippen molar-refractivity contribution >= 4 is 47.0 Å². The number of aliphatic carboxylic acids is 1. The number of carboxylic acid groups (broad SMARTS) is 1. The number of halogens is 5. The minimum atomic E-state index is -4.72. The predicted molar refractivity (Wildman–Crippen MR) is 164 cm³/mol. The summed E-state index contributed by atoms with van der Waals surface area (Å²) < 4.78 is 42.1. The first kappa shape index (κ1) is 35.3. The van der Waals surface area contributed by atoms with Crippen LogP contribution in [0.2, 0.25) is 10.0 Å². The average molecular weight is 645 g/mol. The van der Waals surface area contributed by atoms with Gasteiger partial charge in [0.15, 0.2) is 11.6 Å². The number of carbonyl (C=O) groups excluding carboxylic acids is 2. The SMILES string of the molecule is C/C(=C(\C=N/[C@@H](C)C1CCC(CC(=O)O)CC1)C(=O)C(CCC(=O)c1c(Cl)cc(C)cc1Cl)CC1(C)CCC1)C(F)(F)F. The Morgan fingerprint density at radius 3 is 2.19 bits per heavy atom. The average Bonchev–Trinajstić information content (AvgIpc) is 2.88. The zero-order valence-corrected chi connectivity index (χ0v) is 26.8. The summed E-state index contributed by atoms with van der Waals surface area (Å²) in [5.74, 6) is -2.46. The molecule has 238 valence electrons. The molecule has 2 saturated carbocycles. The van der Waals surface area contributed by atoms with Gasteiger partial charge in [0.1, 0.15) is 0 Å². The number of allylic oxidation sites excluding steroid dienone is 2. The molecule has 1 aromatic rings. The monoisotopic (exact) mass is 643 g/mol. The zero-order chi connectivity index (χ0) is 32.1. The van der Waals surface area contributed by atoms with Crippen molar-refractivity contribution in [3.05, 3.63) is 44.5 Å². The van der Waals surface area contributed by atoms with Crippen LogP contribution in [-0.2, 0) is 9.59 Å². The van der Waals surface area contributed by atoms with Crippen molar-refractivity contribution in [1.82, 2.24) is 0 Å². The number of alkyl halides is 3. The van der Waals surface area contributed by atoms with E-state index in [9.17, 15) is 27.6 Å². The normalized spacial score (nSPS) is 22.4. The summed E-state index contributed by atoms with van der Waals surface area (Å²) in [6.45, 7) is 6.55. The maximum atomic E-state index is 14.0. The molecular formula is C33H42Cl2F3NO4. The first-order chi connectivity index (χ1) is 20.0. The number of aryl methyl sites for hydroxylation is 1. The lowest BCUT2D eigenvalue weighted by atomic mass is 9.64. The molecular weight excluding hydrogens is 602 g/mol. The highest BCUT2D eigenvalue weighted by atomic mass is 35.5. The maximum absolute atomic E-state index is 14.0. The largest absolute Gasteiger partial charge is 0.481 e. The molecule has 1 N–H and O–H groups in total. The molecule has 0 saturated heterocycles. The van der Waals surface area contributed by atoms with Crippen LogP contribution >= 0.6 is 23.2 Å². The van der Waals surface area contributed by atoms with Gasteiger partial charge in [-0.2, -0.15) is 13.2 Å². The van der Waals surface area contributed by atoms with E-state index in [1.54, 1.807) is 19.1 Å². The number of rotatable bonds is 13. The molecule has 10 heteroatoms. The van der Waals surface area contributed by atoms with Crippen LogP contribution in [0.3, 0.4) is 0 Å². The highest BCUT2D eigenvalue weighted by Gasteiger charge is 2.40. The maximum Gasteiger partial charge on any atom is 0.413 e. The fourth-order valence-electron chi connectivity index (χ4n) is 6.46. The summed E-state index contributed by atoms with van der Waals surface area (Å²) in [7, 11) is 0. The quantitative estimate of drug-likeness (QED) is 0.132. The van der Waals surface area contributed by atoms with Gasteiger partial charge < -0.3 is 5.11 Å². The molecule has 2 aliphatic rings. The minimum absolute atomic E-state index is 0.0689. The molecule has 0 amide bonds. The number of carbonyl (C=O) groups is 3. The Morgan fingerprint density at radius 1 is 1.12 bits per heavy atom. The second-order valence-electron chi connectivity index (χ2n) is 12.9. The van der Waals surface area contributed by atoms with E-state index in [1.165, 1.54) is 0 Å². The molecule has 2 fully saturated rings. The van der Waals surface area contributed by atoms with Gasteiger partial charge in [0.25, 0.3) is 0 Å². The fraction of sp³-hybridized carbons (Fsp3) is 0.636. The number of ketones is 2. The van der Waals surface area contributed by atoms with E-state index in [0.717, 1.165) is 63.6 Å². The molecule has 0 heterocycles. The van der Waals surface area contributed by atoms with E-state index < -0.39 is 35.0 Å². The smallest absolute Gasteiger partial charge is 0.413 e. The second kappa shape index (κ2) is 14.7. The van der Waals surface area contributed by atoms with Crippen LogP contribution in [0.4, 0.5) is 13.2 Å². The second-order valence-corrected chi connectivity index (χ2v) is 13.7. The van der Waals surface area contributed by atoms with Crippen molar-refractivity contribution in [2.45, 2.75) is 111 Å². The van der Waals surface area contributed by atoms with Gasteiger partial charge in [-0.25, -0.2) is 0 Å². The molecule has 0 spiro atoms. The third kappa shape index (κ3) is 9.65. The Labute approximate surface area is 262 Å².